The fourth-order valence-electron chi connectivity index (χ4n) is 2.56. The predicted octanol–water partition coefficient (Wildman–Crippen LogP) is 5.02. The number of aryl methyl sites for hydroxylation is 1. The van der Waals surface area contributed by atoms with Crippen molar-refractivity contribution in [2.24, 2.45) is 0 Å². The number of carbonyl (C=O) groups is 2. The molecule has 0 saturated carbocycles. The maximum absolute atomic E-state index is 12.3. The molecule has 2 N–H and O–H groups in total. The topological polar surface area (TPSA) is 80.3 Å². The summed E-state index contributed by atoms with van der Waals surface area (Å²) in [6.45, 7) is 2.42. The third kappa shape index (κ3) is 6.04. The molecule has 6 nitrogen and oxygen atoms in total. The summed E-state index contributed by atoms with van der Waals surface area (Å²) in [7, 11) is 0. The molecular formula is C21H20ClN3O3S. The second kappa shape index (κ2) is 10.0. The van der Waals surface area contributed by atoms with Gasteiger partial charge in [0, 0.05) is 22.4 Å². The van der Waals surface area contributed by atoms with Crippen molar-refractivity contribution in [2.75, 3.05) is 17.2 Å². The number of ether oxygens (including phenoxy) is 1. The Hall–Kier alpha value is -2.90. The average molecular weight is 430 g/mol. The Morgan fingerprint density at radius 3 is 2.62 bits per heavy atom. The third-order valence-corrected chi connectivity index (χ3v) is 5.01. The van der Waals surface area contributed by atoms with Crippen LogP contribution in [0.25, 0.3) is 0 Å². The van der Waals surface area contributed by atoms with E-state index in [2.05, 4.69) is 15.6 Å². The van der Waals surface area contributed by atoms with Gasteiger partial charge in [0.25, 0.3) is 5.91 Å². The molecule has 150 valence electrons. The SMILES string of the molecule is CCOc1ccccc1NC(=O)CCc1csc(NC(=O)c2ccc(Cl)cc2)n1. The highest BCUT2D eigenvalue weighted by molar-refractivity contribution is 7.14. The van der Waals surface area contributed by atoms with E-state index in [1.165, 1.54) is 11.3 Å². The molecule has 0 radical (unpaired) electrons. The van der Waals surface area contributed by atoms with Crippen LogP contribution in [0.2, 0.25) is 5.02 Å². The van der Waals surface area contributed by atoms with Crippen LogP contribution in [0.15, 0.2) is 53.9 Å². The van der Waals surface area contributed by atoms with Crippen molar-refractivity contribution in [1.29, 1.82) is 0 Å². The van der Waals surface area contributed by atoms with Crippen LogP contribution in [0.5, 0.6) is 5.75 Å². The number of thiazole rings is 1. The van der Waals surface area contributed by atoms with E-state index in [0.29, 0.717) is 40.2 Å². The van der Waals surface area contributed by atoms with Crippen molar-refractivity contribution >= 4 is 45.6 Å². The third-order valence-electron chi connectivity index (χ3n) is 3.95. The average Bonchev–Trinajstić information content (AvgIpc) is 3.16. The van der Waals surface area contributed by atoms with E-state index in [1.807, 2.05) is 30.5 Å². The van der Waals surface area contributed by atoms with Crippen LogP contribution in [0.3, 0.4) is 0 Å². The van der Waals surface area contributed by atoms with Crippen LogP contribution < -0.4 is 15.4 Å². The lowest BCUT2D eigenvalue weighted by Crippen LogP contribution is -2.14. The molecule has 1 heterocycles. The van der Waals surface area contributed by atoms with Gasteiger partial charge in [-0.25, -0.2) is 4.98 Å². The maximum atomic E-state index is 12.3. The number of carbonyl (C=O) groups excluding carboxylic acids is 2. The zero-order valence-corrected chi connectivity index (χ0v) is 17.3. The van der Waals surface area contributed by atoms with Gasteiger partial charge in [0.2, 0.25) is 5.91 Å². The van der Waals surface area contributed by atoms with Gasteiger partial charge in [0.1, 0.15) is 5.75 Å². The van der Waals surface area contributed by atoms with Gasteiger partial charge < -0.3 is 10.1 Å². The quantitative estimate of drug-likeness (QED) is 0.527. The van der Waals surface area contributed by atoms with E-state index in [4.69, 9.17) is 16.3 Å². The van der Waals surface area contributed by atoms with Crippen LogP contribution in [0.1, 0.15) is 29.4 Å². The van der Waals surface area contributed by atoms with Gasteiger partial charge in [0.15, 0.2) is 5.13 Å². The van der Waals surface area contributed by atoms with Crippen molar-refractivity contribution in [1.82, 2.24) is 4.98 Å². The van der Waals surface area contributed by atoms with Crippen molar-refractivity contribution in [2.45, 2.75) is 19.8 Å². The smallest absolute Gasteiger partial charge is 0.257 e. The summed E-state index contributed by atoms with van der Waals surface area (Å²) in [5.74, 6) is 0.258. The second-order valence-corrected chi connectivity index (χ2v) is 7.38. The highest BCUT2D eigenvalue weighted by Crippen LogP contribution is 2.24. The van der Waals surface area contributed by atoms with Gasteiger partial charge in [-0.2, -0.15) is 0 Å². The summed E-state index contributed by atoms with van der Waals surface area (Å²) >= 11 is 7.15. The first-order valence-electron chi connectivity index (χ1n) is 9.08. The number of aromatic nitrogens is 1. The van der Waals surface area contributed by atoms with E-state index in [1.54, 1.807) is 30.3 Å². The number of nitrogens with zero attached hydrogens (tertiary/aromatic N) is 1. The summed E-state index contributed by atoms with van der Waals surface area (Å²) in [5.41, 5.74) is 1.89. The Balaban J connectivity index is 1.52. The van der Waals surface area contributed by atoms with Crippen LogP contribution in [-0.4, -0.2) is 23.4 Å². The summed E-state index contributed by atoms with van der Waals surface area (Å²) in [5, 5.41) is 8.51. The number of halogens is 1. The van der Waals surface area contributed by atoms with Gasteiger partial charge in [-0.05, 0) is 49.7 Å². The fraction of sp³-hybridized carbons (Fsp3) is 0.190. The number of hydrogen-bond acceptors (Lipinski definition) is 5. The van der Waals surface area contributed by atoms with E-state index in [0.717, 1.165) is 5.69 Å². The zero-order valence-electron chi connectivity index (χ0n) is 15.8. The minimum atomic E-state index is -0.257. The monoisotopic (exact) mass is 429 g/mol. The molecule has 0 spiro atoms. The fourth-order valence-corrected chi connectivity index (χ4v) is 3.42. The summed E-state index contributed by atoms with van der Waals surface area (Å²) in [4.78, 5) is 28.9. The number of nitrogens with one attached hydrogen (secondary N) is 2. The molecule has 3 rings (SSSR count). The first kappa shape index (κ1) is 20.8. The molecule has 29 heavy (non-hydrogen) atoms. The lowest BCUT2D eigenvalue weighted by atomic mass is 10.2. The van der Waals surface area contributed by atoms with Crippen LogP contribution in [-0.2, 0) is 11.2 Å². The molecule has 0 atom stereocenters. The number of anilines is 2. The molecule has 3 aromatic rings. The highest BCUT2D eigenvalue weighted by atomic mass is 35.5. The molecule has 0 unspecified atom stereocenters. The Morgan fingerprint density at radius 1 is 1.10 bits per heavy atom. The lowest BCUT2D eigenvalue weighted by molar-refractivity contribution is -0.116. The van der Waals surface area contributed by atoms with Crippen LogP contribution in [0, 0.1) is 0 Å². The van der Waals surface area contributed by atoms with Crippen molar-refractivity contribution in [3.63, 3.8) is 0 Å². The Kier molecular flexibility index (Phi) is 7.21. The molecule has 0 bridgehead atoms. The van der Waals surface area contributed by atoms with Crippen LogP contribution >= 0.6 is 22.9 Å². The minimum absolute atomic E-state index is 0.128. The molecule has 2 aromatic carbocycles. The summed E-state index contributed by atoms with van der Waals surface area (Å²) in [6, 6.07) is 13.9. The largest absolute Gasteiger partial charge is 0.492 e. The molecule has 2 amide bonds. The van der Waals surface area contributed by atoms with Gasteiger partial charge in [-0.15, -0.1) is 11.3 Å². The maximum Gasteiger partial charge on any atom is 0.257 e. The summed E-state index contributed by atoms with van der Waals surface area (Å²) < 4.78 is 5.51. The highest BCUT2D eigenvalue weighted by Gasteiger charge is 2.11. The first-order valence-corrected chi connectivity index (χ1v) is 10.3. The summed E-state index contributed by atoms with van der Waals surface area (Å²) in [6.07, 6.45) is 0.741. The van der Waals surface area contributed by atoms with E-state index in [9.17, 15) is 9.59 Å². The van der Waals surface area contributed by atoms with Gasteiger partial charge in [-0.3, -0.25) is 14.9 Å². The molecule has 1 aromatic heterocycles. The van der Waals surface area contributed by atoms with Gasteiger partial charge in [-0.1, -0.05) is 23.7 Å². The molecule has 0 aliphatic heterocycles. The van der Waals surface area contributed by atoms with Crippen molar-refractivity contribution in [3.8, 4) is 5.75 Å². The molecule has 0 saturated heterocycles. The zero-order chi connectivity index (χ0) is 20.6. The van der Waals surface area contributed by atoms with Crippen molar-refractivity contribution < 1.29 is 14.3 Å². The normalized spacial score (nSPS) is 10.4. The first-order chi connectivity index (χ1) is 14.0. The molecule has 0 aliphatic rings. The Bertz CT molecular complexity index is 989. The van der Waals surface area contributed by atoms with E-state index >= 15 is 0 Å². The second-order valence-electron chi connectivity index (χ2n) is 6.08. The van der Waals surface area contributed by atoms with Crippen molar-refractivity contribution in [3.05, 3.63) is 70.2 Å². The standard InChI is InChI=1S/C21H20ClN3O3S/c1-2-28-18-6-4-3-5-17(18)24-19(26)12-11-16-13-29-21(23-16)25-20(27)14-7-9-15(22)10-8-14/h3-10,13H,2,11-12H2,1H3,(H,24,26)(H,23,25,27). The number of benzene rings is 2. The molecule has 8 heteroatoms. The number of rotatable bonds is 8. The van der Waals surface area contributed by atoms with Crippen LogP contribution in [0.4, 0.5) is 10.8 Å². The Morgan fingerprint density at radius 2 is 1.86 bits per heavy atom. The minimum Gasteiger partial charge on any atom is -0.492 e. The molecule has 0 aliphatic carbocycles. The van der Waals surface area contributed by atoms with E-state index in [-0.39, 0.29) is 18.2 Å². The van der Waals surface area contributed by atoms with Gasteiger partial charge in [0.05, 0.1) is 18.0 Å². The number of amides is 2. The van der Waals surface area contributed by atoms with Gasteiger partial charge >= 0.3 is 0 Å². The van der Waals surface area contributed by atoms with E-state index < -0.39 is 0 Å². The number of hydrogen-bond donors (Lipinski definition) is 2. The lowest BCUT2D eigenvalue weighted by Gasteiger charge is -2.10. The predicted molar refractivity (Wildman–Crippen MR) is 116 cm³/mol. The Labute approximate surface area is 177 Å². The number of para-hydroxylation sites is 2. The molecule has 0 fully saturated rings. The molecular weight excluding hydrogens is 410 g/mol.